The summed E-state index contributed by atoms with van der Waals surface area (Å²) in [7, 11) is 0. The quantitative estimate of drug-likeness (QED) is 0.467. The van der Waals surface area contributed by atoms with Crippen molar-refractivity contribution >= 4 is 23.4 Å². The van der Waals surface area contributed by atoms with Crippen LogP contribution in [0.2, 0.25) is 5.02 Å². The summed E-state index contributed by atoms with van der Waals surface area (Å²) in [6.07, 6.45) is -3.51. The number of nitro groups is 1. The molecule has 2 rings (SSSR count). The largest absolute Gasteiger partial charge is 0.445 e. The molecule has 0 radical (unpaired) electrons. The third-order valence-electron chi connectivity index (χ3n) is 3.79. The molecule has 144 valence electrons. The molecule has 0 saturated heterocycles. The zero-order valence-corrected chi connectivity index (χ0v) is 15.0. The van der Waals surface area contributed by atoms with E-state index in [0.29, 0.717) is 0 Å². The van der Waals surface area contributed by atoms with Crippen molar-refractivity contribution in [2.75, 3.05) is 6.54 Å². The van der Waals surface area contributed by atoms with Gasteiger partial charge in [0.15, 0.2) is 0 Å². The highest BCUT2D eigenvalue weighted by Crippen LogP contribution is 2.30. The number of aliphatic hydroxyl groups is 2. The summed E-state index contributed by atoms with van der Waals surface area (Å²) in [4.78, 5) is 22.0. The average molecular weight is 395 g/mol. The molecule has 0 heterocycles. The number of nitro benzene ring substituents is 1. The van der Waals surface area contributed by atoms with E-state index < -0.39 is 23.2 Å². The molecule has 0 aromatic heterocycles. The van der Waals surface area contributed by atoms with Crippen LogP contribution in [0.3, 0.4) is 0 Å². The topological polar surface area (TPSA) is 122 Å². The van der Waals surface area contributed by atoms with E-state index in [4.69, 9.17) is 16.3 Å². The summed E-state index contributed by atoms with van der Waals surface area (Å²) < 4.78 is 5.02. The van der Waals surface area contributed by atoms with Crippen LogP contribution in [0.15, 0.2) is 48.5 Å². The Kier molecular flexibility index (Phi) is 7.54. The molecule has 2 aromatic carbocycles. The summed E-state index contributed by atoms with van der Waals surface area (Å²) in [6, 6.07) is 12.9. The number of hydrogen-bond donors (Lipinski definition) is 3. The zero-order chi connectivity index (χ0) is 19.8. The Bertz CT molecular complexity index is 787. The first-order valence-electron chi connectivity index (χ1n) is 8.13. The van der Waals surface area contributed by atoms with Gasteiger partial charge in [0, 0.05) is 17.6 Å². The third-order valence-corrected chi connectivity index (χ3v) is 4.03. The number of ether oxygens (including phenoxy) is 1. The van der Waals surface area contributed by atoms with E-state index in [1.165, 1.54) is 12.1 Å². The summed E-state index contributed by atoms with van der Waals surface area (Å²) in [5, 5.41) is 33.9. The lowest BCUT2D eigenvalue weighted by Crippen LogP contribution is -2.30. The van der Waals surface area contributed by atoms with E-state index in [1.54, 1.807) is 0 Å². The van der Waals surface area contributed by atoms with Gasteiger partial charge in [-0.3, -0.25) is 10.1 Å². The van der Waals surface area contributed by atoms with Crippen molar-refractivity contribution in [3.05, 3.63) is 74.8 Å². The van der Waals surface area contributed by atoms with Crippen molar-refractivity contribution in [2.45, 2.75) is 25.2 Å². The van der Waals surface area contributed by atoms with Crippen LogP contribution < -0.4 is 5.32 Å². The Labute approximate surface area is 160 Å². The lowest BCUT2D eigenvalue weighted by molar-refractivity contribution is -0.386. The van der Waals surface area contributed by atoms with Gasteiger partial charge < -0.3 is 20.3 Å². The number of alkyl carbamates (subject to hydrolysis) is 1. The maximum Gasteiger partial charge on any atom is 0.407 e. The molecule has 0 saturated carbocycles. The molecule has 0 aliphatic rings. The van der Waals surface area contributed by atoms with Crippen LogP contribution in [-0.2, 0) is 11.3 Å². The predicted octanol–water partition coefficient (Wildman–Crippen LogP) is 2.96. The van der Waals surface area contributed by atoms with Crippen LogP contribution in [0, 0.1) is 10.1 Å². The first-order valence-corrected chi connectivity index (χ1v) is 8.51. The minimum Gasteiger partial charge on any atom is -0.445 e. The number of rotatable bonds is 8. The van der Waals surface area contributed by atoms with Crippen molar-refractivity contribution in [3.63, 3.8) is 0 Å². The fourth-order valence-corrected chi connectivity index (χ4v) is 2.55. The van der Waals surface area contributed by atoms with Gasteiger partial charge in [-0.25, -0.2) is 4.79 Å². The molecule has 2 atom stereocenters. The number of carbonyl (C=O) groups is 1. The predicted molar refractivity (Wildman–Crippen MR) is 98.3 cm³/mol. The number of halogens is 1. The highest BCUT2D eigenvalue weighted by atomic mass is 35.5. The van der Waals surface area contributed by atoms with Crippen LogP contribution >= 0.6 is 11.6 Å². The second kappa shape index (κ2) is 9.86. The summed E-state index contributed by atoms with van der Waals surface area (Å²) in [5.41, 5.74) is 0.394. The van der Waals surface area contributed by atoms with Crippen LogP contribution in [0.25, 0.3) is 0 Å². The Morgan fingerprint density at radius 2 is 1.93 bits per heavy atom. The molecule has 1 amide bonds. The van der Waals surface area contributed by atoms with Gasteiger partial charge in [0.05, 0.1) is 16.6 Å². The lowest BCUT2D eigenvalue weighted by Gasteiger charge is -2.18. The van der Waals surface area contributed by atoms with E-state index in [2.05, 4.69) is 5.32 Å². The molecular formula is C18H19ClN2O6. The SMILES string of the molecule is O=C(NCCC(O)C(O)c1ccc(Cl)cc1[N+](=O)[O-])OCc1ccccc1. The van der Waals surface area contributed by atoms with Gasteiger partial charge in [0.1, 0.15) is 12.7 Å². The van der Waals surface area contributed by atoms with Crippen LogP contribution in [-0.4, -0.2) is 33.9 Å². The molecule has 0 bridgehead atoms. The second-order valence-corrected chi connectivity index (χ2v) is 6.19. The van der Waals surface area contributed by atoms with Crippen molar-refractivity contribution in [1.82, 2.24) is 5.32 Å². The fraction of sp³-hybridized carbons (Fsp3) is 0.278. The van der Waals surface area contributed by atoms with E-state index >= 15 is 0 Å². The van der Waals surface area contributed by atoms with Crippen molar-refractivity contribution in [2.24, 2.45) is 0 Å². The van der Waals surface area contributed by atoms with Gasteiger partial charge in [-0.2, -0.15) is 0 Å². The molecule has 2 aromatic rings. The van der Waals surface area contributed by atoms with Gasteiger partial charge in [0.25, 0.3) is 5.69 Å². The van der Waals surface area contributed by atoms with Crippen molar-refractivity contribution in [1.29, 1.82) is 0 Å². The normalized spacial score (nSPS) is 12.9. The standard InChI is InChI=1S/C18H19ClN2O6/c19-13-6-7-14(15(10-13)21(25)26)17(23)16(22)8-9-20-18(24)27-11-12-4-2-1-3-5-12/h1-7,10,16-17,22-23H,8-9,11H2,(H,20,24). The smallest absolute Gasteiger partial charge is 0.407 e. The number of amides is 1. The van der Waals surface area contributed by atoms with Gasteiger partial charge in [-0.1, -0.05) is 41.9 Å². The van der Waals surface area contributed by atoms with Crippen molar-refractivity contribution in [3.8, 4) is 0 Å². The summed E-state index contributed by atoms with van der Waals surface area (Å²) >= 11 is 5.73. The molecule has 3 N–H and O–H groups in total. The Morgan fingerprint density at radius 3 is 2.59 bits per heavy atom. The van der Waals surface area contributed by atoms with Crippen molar-refractivity contribution < 1.29 is 24.7 Å². The maximum atomic E-state index is 11.6. The van der Waals surface area contributed by atoms with Crippen LogP contribution in [0.1, 0.15) is 23.7 Å². The first kappa shape index (κ1) is 20.6. The van der Waals surface area contributed by atoms with E-state index in [9.17, 15) is 25.1 Å². The molecule has 0 fully saturated rings. The minimum atomic E-state index is -1.50. The lowest BCUT2D eigenvalue weighted by atomic mass is 10.0. The Morgan fingerprint density at radius 1 is 1.22 bits per heavy atom. The van der Waals surface area contributed by atoms with Crippen LogP contribution in [0.4, 0.5) is 10.5 Å². The van der Waals surface area contributed by atoms with Gasteiger partial charge >= 0.3 is 6.09 Å². The number of aliphatic hydroxyl groups excluding tert-OH is 2. The van der Waals surface area contributed by atoms with Gasteiger partial charge in [-0.15, -0.1) is 0 Å². The minimum absolute atomic E-state index is 0.0211. The number of carbonyl (C=O) groups excluding carboxylic acids is 1. The zero-order valence-electron chi connectivity index (χ0n) is 14.2. The number of nitrogens with zero attached hydrogens (tertiary/aromatic N) is 1. The molecule has 0 spiro atoms. The molecule has 0 aliphatic carbocycles. The third kappa shape index (κ3) is 6.21. The van der Waals surface area contributed by atoms with E-state index in [1.807, 2.05) is 30.3 Å². The molecular weight excluding hydrogens is 376 g/mol. The maximum absolute atomic E-state index is 11.6. The van der Waals surface area contributed by atoms with E-state index in [0.717, 1.165) is 11.6 Å². The highest BCUT2D eigenvalue weighted by molar-refractivity contribution is 6.30. The molecule has 9 heteroatoms. The monoisotopic (exact) mass is 394 g/mol. The number of hydrogen-bond acceptors (Lipinski definition) is 6. The second-order valence-electron chi connectivity index (χ2n) is 5.75. The molecule has 0 aliphatic heterocycles. The van der Waals surface area contributed by atoms with Gasteiger partial charge in [-0.05, 0) is 24.1 Å². The highest BCUT2D eigenvalue weighted by Gasteiger charge is 2.26. The Balaban J connectivity index is 1.82. The van der Waals surface area contributed by atoms with Gasteiger partial charge in [0.2, 0.25) is 0 Å². The molecule has 2 unspecified atom stereocenters. The first-order chi connectivity index (χ1) is 12.9. The number of benzene rings is 2. The van der Waals surface area contributed by atoms with Crippen LogP contribution in [0.5, 0.6) is 0 Å². The molecule has 27 heavy (non-hydrogen) atoms. The summed E-state index contributed by atoms with van der Waals surface area (Å²) in [6.45, 7) is 0.127. The fourth-order valence-electron chi connectivity index (χ4n) is 2.39. The average Bonchev–Trinajstić information content (AvgIpc) is 2.66. The Hall–Kier alpha value is -2.68. The molecule has 8 nitrogen and oxygen atoms in total. The number of nitrogens with one attached hydrogen (secondary N) is 1. The summed E-state index contributed by atoms with van der Waals surface area (Å²) in [5.74, 6) is 0. The van der Waals surface area contributed by atoms with E-state index in [-0.39, 0.29) is 35.8 Å².